The van der Waals surface area contributed by atoms with Crippen LogP contribution < -0.4 is 5.32 Å². The van der Waals surface area contributed by atoms with Gasteiger partial charge in [0.1, 0.15) is 0 Å². The predicted octanol–water partition coefficient (Wildman–Crippen LogP) is 1.63. The molecule has 4 atom stereocenters. The van der Waals surface area contributed by atoms with Crippen molar-refractivity contribution >= 4 is 0 Å². The third-order valence-electron chi connectivity index (χ3n) is 4.91. The molecule has 0 aromatic carbocycles. The molecule has 4 unspecified atom stereocenters. The third kappa shape index (κ3) is 4.42. The smallest absolute Gasteiger partial charge is 0.0695 e. The van der Waals surface area contributed by atoms with Gasteiger partial charge in [0.2, 0.25) is 0 Å². The fraction of sp³-hybridized carbons (Fsp3) is 1.00. The minimum absolute atomic E-state index is 0.139. The Kier molecular flexibility index (Phi) is 6.75. The normalized spacial score (nSPS) is 35.4. The zero-order valence-electron chi connectivity index (χ0n) is 13.2. The van der Waals surface area contributed by atoms with Crippen LogP contribution in [-0.4, -0.2) is 61.5 Å². The van der Waals surface area contributed by atoms with Crippen molar-refractivity contribution in [1.29, 1.82) is 0 Å². The van der Waals surface area contributed by atoms with E-state index in [4.69, 9.17) is 4.74 Å². The van der Waals surface area contributed by atoms with Gasteiger partial charge in [-0.05, 0) is 39.3 Å². The Labute approximate surface area is 123 Å². The van der Waals surface area contributed by atoms with Gasteiger partial charge in [-0.25, -0.2) is 0 Å². The van der Waals surface area contributed by atoms with Gasteiger partial charge in [-0.1, -0.05) is 19.8 Å². The van der Waals surface area contributed by atoms with Gasteiger partial charge < -0.3 is 20.1 Å². The average Bonchev–Trinajstić information content (AvgIpc) is 2.46. The van der Waals surface area contributed by atoms with E-state index in [1.54, 1.807) is 0 Å². The molecule has 4 heteroatoms. The molecule has 2 N–H and O–H groups in total. The monoisotopic (exact) mass is 284 g/mol. The van der Waals surface area contributed by atoms with Crippen LogP contribution in [0, 0.1) is 5.92 Å². The van der Waals surface area contributed by atoms with Gasteiger partial charge in [0.25, 0.3) is 0 Å². The average molecular weight is 284 g/mol. The Morgan fingerprint density at radius 1 is 1.25 bits per heavy atom. The molecule has 2 aliphatic rings. The van der Waals surface area contributed by atoms with Crippen LogP contribution in [0.4, 0.5) is 0 Å². The molecule has 0 spiro atoms. The Balaban J connectivity index is 1.85. The highest BCUT2D eigenvalue weighted by atomic mass is 16.5. The number of likely N-dealkylation sites (N-methyl/N-ethyl adjacent to an activating group) is 1. The van der Waals surface area contributed by atoms with Crippen LogP contribution in [0.1, 0.15) is 45.4 Å². The highest BCUT2D eigenvalue weighted by Gasteiger charge is 2.31. The molecule has 0 bridgehead atoms. The van der Waals surface area contributed by atoms with Crippen molar-refractivity contribution in [1.82, 2.24) is 10.2 Å². The molecular weight excluding hydrogens is 252 g/mol. The lowest BCUT2D eigenvalue weighted by Gasteiger charge is -2.40. The molecule has 118 valence electrons. The molecular formula is C16H32N2O2. The topological polar surface area (TPSA) is 44.7 Å². The summed E-state index contributed by atoms with van der Waals surface area (Å²) in [4.78, 5) is 2.38. The molecule has 1 saturated heterocycles. The van der Waals surface area contributed by atoms with Crippen LogP contribution >= 0.6 is 0 Å². The Morgan fingerprint density at radius 2 is 2.05 bits per heavy atom. The standard InChI is InChI=1S/C16H32N2O2/c1-3-9-17-14-8-10-20-12-13(14)11-18(2)15-6-4-5-7-16(15)19/h13-17,19H,3-12H2,1-2H3. The maximum absolute atomic E-state index is 10.2. The van der Waals surface area contributed by atoms with Crippen LogP contribution in [0.2, 0.25) is 0 Å². The fourth-order valence-corrected chi connectivity index (χ4v) is 3.69. The van der Waals surface area contributed by atoms with E-state index in [1.165, 1.54) is 19.3 Å². The highest BCUT2D eigenvalue weighted by molar-refractivity contribution is 4.86. The predicted molar refractivity (Wildman–Crippen MR) is 81.9 cm³/mol. The molecule has 1 saturated carbocycles. The van der Waals surface area contributed by atoms with E-state index in [0.29, 0.717) is 18.0 Å². The number of ether oxygens (including phenoxy) is 1. The first-order chi connectivity index (χ1) is 9.72. The molecule has 1 heterocycles. The Morgan fingerprint density at radius 3 is 2.80 bits per heavy atom. The van der Waals surface area contributed by atoms with Crippen molar-refractivity contribution in [2.45, 2.75) is 63.6 Å². The van der Waals surface area contributed by atoms with Crippen LogP contribution in [0.5, 0.6) is 0 Å². The van der Waals surface area contributed by atoms with Gasteiger partial charge in [-0.2, -0.15) is 0 Å². The lowest BCUT2D eigenvalue weighted by Crippen LogP contribution is -2.51. The van der Waals surface area contributed by atoms with Gasteiger partial charge in [-0.3, -0.25) is 0 Å². The Hall–Kier alpha value is -0.160. The molecule has 0 amide bonds. The van der Waals surface area contributed by atoms with Crippen LogP contribution in [0.15, 0.2) is 0 Å². The van der Waals surface area contributed by atoms with E-state index in [0.717, 1.165) is 45.6 Å². The lowest BCUT2D eigenvalue weighted by molar-refractivity contribution is -0.0119. The SMILES string of the molecule is CCCNC1CCOCC1CN(C)C1CCCCC1O. The number of nitrogens with zero attached hydrogens (tertiary/aromatic N) is 1. The summed E-state index contributed by atoms with van der Waals surface area (Å²) < 4.78 is 5.68. The number of aliphatic hydroxyl groups excluding tert-OH is 1. The maximum atomic E-state index is 10.2. The van der Waals surface area contributed by atoms with E-state index in [2.05, 4.69) is 24.2 Å². The van der Waals surface area contributed by atoms with Gasteiger partial charge in [0, 0.05) is 31.2 Å². The largest absolute Gasteiger partial charge is 0.391 e. The van der Waals surface area contributed by atoms with E-state index < -0.39 is 0 Å². The van der Waals surface area contributed by atoms with Crippen molar-refractivity contribution in [2.75, 3.05) is 33.4 Å². The second-order valence-electron chi connectivity index (χ2n) is 6.54. The summed E-state index contributed by atoms with van der Waals surface area (Å²) in [7, 11) is 2.17. The first-order valence-corrected chi connectivity index (χ1v) is 8.41. The zero-order valence-corrected chi connectivity index (χ0v) is 13.2. The highest BCUT2D eigenvalue weighted by Crippen LogP contribution is 2.24. The zero-order chi connectivity index (χ0) is 14.4. The number of rotatable bonds is 6. The summed E-state index contributed by atoms with van der Waals surface area (Å²) in [6.45, 7) is 6.08. The lowest BCUT2D eigenvalue weighted by atomic mass is 9.89. The summed E-state index contributed by atoms with van der Waals surface area (Å²) in [6.07, 6.45) is 6.70. The molecule has 0 aromatic rings. The minimum Gasteiger partial charge on any atom is -0.391 e. The van der Waals surface area contributed by atoms with Crippen LogP contribution in [0.25, 0.3) is 0 Å². The van der Waals surface area contributed by atoms with Crippen molar-refractivity contribution in [3.05, 3.63) is 0 Å². The van der Waals surface area contributed by atoms with Crippen LogP contribution in [0.3, 0.4) is 0 Å². The van der Waals surface area contributed by atoms with E-state index >= 15 is 0 Å². The van der Waals surface area contributed by atoms with Crippen LogP contribution in [-0.2, 0) is 4.74 Å². The van der Waals surface area contributed by atoms with E-state index in [1.807, 2.05) is 0 Å². The summed E-state index contributed by atoms with van der Waals surface area (Å²) in [5, 5.41) is 13.9. The molecule has 2 fully saturated rings. The number of nitrogens with one attached hydrogen (secondary N) is 1. The van der Waals surface area contributed by atoms with Gasteiger partial charge in [0.15, 0.2) is 0 Å². The number of aliphatic hydroxyl groups is 1. The molecule has 0 radical (unpaired) electrons. The van der Waals surface area contributed by atoms with Crippen molar-refractivity contribution < 1.29 is 9.84 Å². The second kappa shape index (κ2) is 8.32. The quantitative estimate of drug-likeness (QED) is 0.778. The summed E-state index contributed by atoms with van der Waals surface area (Å²) in [5.74, 6) is 0.550. The molecule has 2 rings (SSSR count). The van der Waals surface area contributed by atoms with Gasteiger partial charge >= 0.3 is 0 Å². The molecule has 1 aliphatic carbocycles. The van der Waals surface area contributed by atoms with Crippen molar-refractivity contribution in [2.24, 2.45) is 5.92 Å². The van der Waals surface area contributed by atoms with Crippen molar-refractivity contribution in [3.63, 3.8) is 0 Å². The van der Waals surface area contributed by atoms with Crippen molar-refractivity contribution in [3.8, 4) is 0 Å². The second-order valence-corrected chi connectivity index (χ2v) is 6.54. The van der Waals surface area contributed by atoms with E-state index in [9.17, 15) is 5.11 Å². The minimum atomic E-state index is -0.139. The Bertz CT molecular complexity index is 275. The first-order valence-electron chi connectivity index (χ1n) is 8.41. The maximum Gasteiger partial charge on any atom is 0.0695 e. The van der Waals surface area contributed by atoms with Gasteiger partial charge in [-0.15, -0.1) is 0 Å². The van der Waals surface area contributed by atoms with E-state index in [-0.39, 0.29) is 6.10 Å². The summed E-state index contributed by atoms with van der Waals surface area (Å²) >= 11 is 0. The fourth-order valence-electron chi connectivity index (χ4n) is 3.69. The third-order valence-corrected chi connectivity index (χ3v) is 4.91. The number of hydrogen-bond acceptors (Lipinski definition) is 4. The molecule has 4 nitrogen and oxygen atoms in total. The van der Waals surface area contributed by atoms with Gasteiger partial charge in [0.05, 0.1) is 12.7 Å². The summed E-state index contributed by atoms with van der Waals surface area (Å²) in [5.41, 5.74) is 0. The molecule has 1 aliphatic heterocycles. The molecule has 0 aromatic heterocycles. The first kappa shape index (κ1) is 16.2. The molecule has 20 heavy (non-hydrogen) atoms. The summed E-state index contributed by atoms with van der Waals surface area (Å²) in [6, 6.07) is 0.921. The number of hydrogen-bond donors (Lipinski definition) is 2.